The first kappa shape index (κ1) is 15.9. The van der Waals surface area contributed by atoms with Gasteiger partial charge in [0, 0.05) is 6.04 Å². The van der Waals surface area contributed by atoms with Crippen LogP contribution >= 0.6 is 11.8 Å². The molecule has 1 aromatic carbocycles. The van der Waals surface area contributed by atoms with Gasteiger partial charge in [-0.15, -0.1) is 0 Å². The largest absolute Gasteiger partial charge is 0.310 e. The van der Waals surface area contributed by atoms with Crippen molar-refractivity contribution in [1.29, 1.82) is 0 Å². The molecule has 1 N–H and O–H groups in total. The lowest BCUT2D eigenvalue weighted by atomic mass is 9.98. The molecule has 0 radical (unpaired) electrons. The highest BCUT2D eigenvalue weighted by Crippen LogP contribution is 2.24. The number of hydrogen-bond acceptors (Lipinski definition) is 2. The van der Waals surface area contributed by atoms with Gasteiger partial charge in [-0.25, -0.2) is 0 Å². The maximum absolute atomic E-state index is 3.86. The van der Waals surface area contributed by atoms with Crippen LogP contribution in [-0.2, 0) is 0 Å². The van der Waals surface area contributed by atoms with E-state index >= 15 is 0 Å². The maximum atomic E-state index is 3.86. The molecule has 1 nitrogen and oxygen atoms in total. The highest BCUT2D eigenvalue weighted by atomic mass is 32.2. The topological polar surface area (TPSA) is 12.0 Å². The molecule has 2 heteroatoms. The Morgan fingerprint density at radius 1 is 1.15 bits per heavy atom. The Bertz CT molecular complexity index is 346. The van der Waals surface area contributed by atoms with Gasteiger partial charge in [-0.1, -0.05) is 56.5 Å². The molecule has 2 rings (SSSR count). The van der Waals surface area contributed by atoms with Crippen LogP contribution in [0.3, 0.4) is 0 Å². The molecule has 1 aliphatic rings. The van der Waals surface area contributed by atoms with E-state index in [1.165, 1.54) is 62.1 Å². The lowest BCUT2D eigenvalue weighted by molar-refractivity contribution is 0.392. The monoisotopic (exact) mass is 291 g/mol. The molecule has 1 atom stereocenters. The van der Waals surface area contributed by atoms with Crippen molar-refractivity contribution in [2.75, 3.05) is 18.1 Å². The predicted octanol–water partition coefficient (Wildman–Crippen LogP) is 5.04. The quantitative estimate of drug-likeness (QED) is 0.673. The smallest absolute Gasteiger partial charge is 0.0320 e. The molecular weight excluding hydrogens is 262 g/mol. The van der Waals surface area contributed by atoms with Crippen LogP contribution in [-0.4, -0.2) is 18.1 Å². The van der Waals surface area contributed by atoms with Crippen molar-refractivity contribution >= 4 is 11.8 Å². The summed E-state index contributed by atoms with van der Waals surface area (Å²) in [6.07, 6.45) is 8.07. The van der Waals surface area contributed by atoms with Crippen LogP contribution in [0, 0.1) is 5.92 Å². The van der Waals surface area contributed by atoms with Crippen molar-refractivity contribution in [2.24, 2.45) is 5.92 Å². The van der Waals surface area contributed by atoms with Gasteiger partial charge in [0.15, 0.2) is 0 Å². The molecule has 0 aliphatic carbocycles. The van der Waals surface area contributed by atoms with Gasteiger partial charge >= 0.3 is 0 Å². The van der Waals surface area contributed by atoms with Gasteiger partial charge in [-0.05, 0) is 48.8 Å². The second-order valence-electron chi connectivity index (χ2n) is 5.92. The molecule has 0 spiro atoms. The standard InChI is InChI=1S/C18H29NS/c1-2-3-5-10-18(17-8-6-4-7-9-17)19-15-16-11-13-20-14-12-16/h4,6-9,16,18-19H,2-3,5,10-15H2,1H3. The third-order valence-electron chi connectivity index (χ3n) is 4.29. The minimum absolute atomic E-state index is 0.553. The Kier molecular flexibility index (Phi) is 7.53. The van der Waals surface area contributed by atoms with Gasteiger partial charge in [0.05, 0.1) is 0 Å². The summed E-state index contributed by atoms with van der Waals surface area (Å²) in [5, 5.41) is 3.86. The van der Waals surface area contributed by atoms with Crippen LogP contribution in [0.5, 0.6) is 0 Å². The fourth-order valence-corrected chi connectivity index (χ4v) is 4.13. The molecule has 1 heterocycles. The minimum Gasteiger partial charge on any atom is -0.310 e. The van der Waals surface area contributed by atoms with E-state index in [2.05, 4.69) is 54.3 Å². The molecule has 1 saturated heterocycles. The molecule has 0 bridgehead atoms. The van der Waals surface area contributed by atoms with Crippen molar-refractivity contribution in [3.05, 3.63) is 35.9 Å². The molecule has 20 heavy (non-hydrogen) atoms. The van der Waals surface area contributed by atoms with E-state index < -0.39 is 0 Å². The van der Waals surface area contributed by atoms with Crippen LogP contribution in [0.15, 0.2) is 30.3 Å². The summed E-state index contributed by atoms with van der Waals surface area (Å²) >= 11 is 2.12. The predicted molar refractivity (Wildman–Crippen MR) is 91.4 cm³/mol. The van der Waals surface area contributed by atoms with Gasteiger partial charge in [0.1, 0.15) is 0 Å². The number of benzene rings is 1. The number of hydrogen-bond donors (Lipinski definition) is 1. The molecule has 1 fully saturated rings. The van der Waals surface area contributed by atoms with Gasteiger partial charge in [0.2, 0.25) is 0 Å². The molecule has 1 unspecified atom stereocenters. The zero-order valence-electron chi connectivity index (χ0n) is 12.8. The van der Waals surface area contributed by atoms with Crippen LogP contribution < -0.4 is 5.32 Å². The summed E-state index contributed by atoms with van der Waals surface area (Å²) in [6.45, 7) is 3.48. The van der Waals surface area contributed by atoms with Gasteiger partial charge < -0.3 is 5.32 Å². The van der Waals surface area contributed by atoms with Crippen molar-refractivity contribution < 1.29 is 0 Å². The van der Waals surface area contributed by atoms with Gasteiger partial charge in [-0.2, -0.15) is 11.8 Å². The summed E-state index contributed by atoms with van der Waals surface area (Å²) in [7, 11) is 0. The highest BCUT2D eigenvalue weighted by molar-refractivity contribution is 7.99. The summed E-state index contributed by atoms with van der Waals surface area (Å²) in [6, 6.07) is 11.6. The first-order chi connectivity index (χ1) is 9.90. The van der Waals surface area contributed by atoms with Gasteiger partial charge in [0.25, 0.3) is 0 Å². The van der Waals surface area contributed by atoms with E-state index in [1.54, 1.807) is 0 Å². The summed E-state index contributed by atoms with van der Waals surface area (Å²) < 4.78 is 0. The average molecular weight is 292 g/mol. The van der Waals surface area contributed by atoms with Crippen LogP contribution in [0.25, 0.3) is 0 Å². The lowest BCUT2D eigenvalue weighted by Crippen LogP contribution is -2.29. The molecule has 112 valence electrons. The molecule has 1 aliphatic heterocycles. The Labute approximate surface area is 128 Å². The number of thioether (sulfide) groups is 1. The summed E-state index contributed by atoms with van der Waals surface area (Å²) in [5.74, 6) is 3.62. The molecule has 0 amide bonds. The zero-order chi connectivity index (χ0) is 14.0. The fraction of sp³-hybridized carbons (Fsp3) is 0.667. The molecular formula is C18H29NS. The van der Waals surface area contributed by atoms with Crippen LogP contribution in [0.2, 0.25) is 0 Å². The number of rotatable bonds is 8. The Balaban J connectivity index is 1.84. The van der Waals surface area contributed by atoms with E-state index in [-0.39, 0.29) is 0 Å². The first-order valence-electron chi connectivity index (χ1n) is 8.26. The van der Waals surface area contributed by atoms with Crippen molar-refractivity contribution in [1.82, 2.24) is 5.32 Å². The van der Waals surface area contributed by atoms with E-state index in [9.17, 15) is 0 Å². The van der Waals surface area contributed by atoms with Crippen molar-refractivity contribution in [2.45, 2.75) is 51.5 Å². The van der Waals surface area contributed by atoms with Crippen LogP contribution in [0.4, 0.5) is 0 Å². The number of nitrogens with one attached hydrogen (secondary N) is 1. The Morgan fingerprint density at radius 2 is 1.90 bits per heavy atom. The molecule has 1 aromatic rings. The van der Waals surface area contributed by atoms with E-state index in [1.807, 2.05) is 0 Å². The maximum Gasteiger partial charge on any atom is 0.0320 e. The van der Waals surface area contributed by atoms with E-state index in [0.717, 1.165) is 5.92 Å². The summed E-state index contributed by atoms with van der Waals surface area (Å²) in [5.41, 5.74) is 1.47. The molecule has 0 saturated carbocycles. The Hall–Kier alpha value is -0.470. The highest BCUT2D eigenvalue weighted by Gasteiger charge is 2.16. The van der Waals surface area contributed by atoms with Crippen molar-refractivity contribution in [3.8, 4) is 0 Å². The van der Waals surface area contributed by atoms with Crippen LogP contribution in [0.1, 0.15) is 57.1 Å². The van der Waals surface area contributed by atoms with Crippen molar-refractivity contribution in [3.63, 3.8) is 0 Å². The summed E-state index contributed by atoms with van der Waals surface area (Å²) in [4.78, 5) is 0. The third-order valence-corrected chi connectivity index (χ3v) is 5.34. The minimum atomic E-state index is 0.553. The van der Waals surface area contributed by atoms with Gasteiger partial charge in [-0.3, -0.25) is 0 Å². The number of unbranched alkanes of at least 4 members (excludes halogenated alkanes) is 2. The first-order valence-corrected chi connectivity index (χ1v) is 9.41. The average Bonchev–Trinajstić information content (AvgIpc) is 2.52. The molecule has 0 aromatic heterocycles. The normalized spacial score (nSPS) is 18.1. The van der Waals surface area contributed by atoms with E-state index in [4.69, 9.17) is 0 Å². The third kappa shape index (κ3) is 5.49. The zero-order valence-corrected chi connectivity index (χ0v) is 13.6. The van der Waals surface area contributed by atoms with E-state index in [0.29, 0.717) is 6.04 Å². The fourth-order valence-electron chi connectivity index (χ4n) is 2.93. The Morgan fingerprint density at radius 3 is 2.60 bits per heavy atom. The lowest BCUT2D eigenvalue weighted by Gasteiger charge is -2.26. The second-order valence-corrected chi connectivity index (χ2v) is 7.15. The SMILES string of the molecule is CCCCCC(NCC1CCSCC1)c1ccccc1. The second kappa shape index (κ2) is 9.46.